The fraction of sp³-hybridized carbons (Fsp3) is 0.577. The minimum atomic E-state index is -0.726. The zero-order valence-corrected chi connectivity index (χ0v) is 24.0. The Balaban J connectivity index is 1.71. The summed E-state index contributed by atoms with van der Waals surface area (Å²) in [5.74, 6) is -0.232. The van der Waals surface area contributed by atoms with Crippen molar-refractivity contribution >= 4 is 44.9 Å². The number of nitrogens with two attached hydrogens (primary N) is 1. The molecular formula is C26H35N5O4S2. The molecule has 3 aromatic rings. The zero-order valence-electron chi connectivity index (χ0n) is 22.3. The second-order valence-electron chi connectivity index (χ2n) is 10.5. The van der Waals surface area contributed by atoms with E-state index in [1.807, 2.05) is 6.92 Å². The number of carbonyl (C=O) groups is 1. The van der Waals surface area contributed by atoms with Crippen molar-refractivity contribution in [3.63, 3.8) is 0 Å². The molecule has 2 N–H and O–H groups in total. The number of aryl methyl sites for hydroxylation is 1. The number of thioether (sulfide) groups is 1. The molecule has 37 heavy (non-hydrogen) atoms. The number of nitrogens with zero attached hydrogens (tertiary/aromatic N) is 4. The van der Waals surface area contributed by atoms with Crippen LogP contribution in [-0.4, -0.2) is 30.2 Å². The second kappa shape index (κ2) is 10.2. The van der Waals surface area contributed by atoms with Crippen molar-refractivity contribution in [3.8, 4) is 0 Å². The van der Waals surface area contributed by atoms with Crippen LogP contribution in [0, 0.1) is 11.3 Å². The predicted octanol–water partition coefficient (Wildman–Crippen LogP) is 3.36. The molecule has 0 bridgehead atoms. The van der Waals surface area contributed by atoms with Crippen molar-refractivity contribution in [1.82, 2.24) is 18.7 Å². The van der Waals surface area contributed by atoms with E-state index in [0.29, 0.717) is 27.8 Å². The van der Waals surface area contributed by atoms with Gasteiger partial charge in [0.05, 0.1) is 11.1 Å². The summed E-state index contributed by atoms with van der Waals surface area (Å²) >= 11 is 2.72. The van der Waals surface area contributed by atoms with Crippen molar-refractivity contribution in [2.75, 3.05) is 11.5 Å². The molecule has 0 saturated heterocycles. The molecule has 3 aromatic heterocycles. The smallest absolute Gasteiger partial charge is 0.332 e. The second-order valence-corrected chi connectivity index (χ2v) is 12.5. The molecule has 0 radical (unpaired) electrons. The Morgan fingerprint density at radius 1 is 1.16 bits per heavy atom. The Kier molecular flexibility index (Phi) is 7.58. The van der Waals surface area contributed by atoms with Gasteiger partial charge in [-0.1, -0.05) is 45.9 Å². The van der Waals surface area contributed by atoms with Crippen LogP contribution in [0.1, 0.15) is 67.8 Å². The highest BCUT2D eigenvalue weighted by atomic mass is 32.2. The van der Waals surface area contributed by atoms with Gasteiger partial charge in [-0.3, -0.25) is 28.1 Å². The molecule has 0 unspecified atom stereocenters. The molecule has 0 aromatic carbocycles. The first-order valence-corrected chi connectivity index (χ1v) is 14.5. The first-order chi connectivity index (χ1) is 17.4. The summed E-state index contributed by atoms with van der Waals surface area (Å²) in [6.45, 7) is 9.34. The molecule has 9 nitrogen and oxygen atoms in total. The van der Waals surface area contributed by atoms with Crippen molar-refractivity contribution in [2.45, 2.75) is 71.5 Å². The third-order valence-corrected chi connectivity index (χ3v) is 10.0. The van der Waals surface area contributed by atoms with Gasteiger partial charge in [0, 0.05) is 25.5 Å². The van der Waals surface area contributed by atoms with Crippen LogP contribution < -0.4 is 22.5 Å². The Morgan fingerprint density at radius 3 is 2.51 bits per heavy atom. The SMILES string of the molecule is CCCn1c(SCC(=O)c2c(N)n(C)c(=O)n(C)c2=O)nc2sc3c(c2c1=O)CC[C@H](C(C)(C)CC)C3. The maximum absolute atomic E-state index is 13.7. The van der Waals surface area contributed by atoms with Crippen LogP contribution >= 0.6 is 23.1 Å². The van der Waals surface area contributed by atoms with Gasteiger partial charge < -0.3 is 5.73 Å². The summed E-state index contributed by atoms with van der Waals surface area (Å²) in [5.41, 5.74) is 5.73. The van der Waals surface area contributed by atoms with Crippen LogP contribution in [0.25, 0.3) is 10.2 Å². The van der Waals surface area contributed by atoms with Gasteiger partial charge in [-0.05, 0) is 42.6 Å². The minimum Gasteiger partial charge on any atom is -0.384 e. The third-order valence-electron chi connectivity index (χ3n) is 7.92. The van der Waals surface area contributed by atoms with Gasteiger partial charge in [-0.25, -0.2) is 9.78 Å². The van der Waals surface area contributed by atoms with Crippen molar-refractivity contribution in [2.24, 2.45) is 25.4 Å². The van der Waals surface area contributed by atoms with Gasteiger partial charge in [0.1, 0.15) is 16.2 Å². The van der Waals surface area contributed by atoms with E-state index in [-0.39, 0.29) is 28.1 Å². The number of ketones is 1. The fourth-order valence-corrected chi connectivity index (χ4v) is 7.29. The molecular weight excluding hydrogens is 510 g/mol. The van der Waals surface area contributed by atoms with E-state index in [0.717, 1.165) is 58.6 Å². The van der Waals surface area contributed by atoms with Crippen LogP contribution in [0.4, 0.5) is 5.82 Å². The summed E-state index contributed by atoms with van der Waals surface area (Å²) in [5, 5.41) is 1.17. The van der Waals surface area contributed by atoms with E-state index in [4.69, 9.17) is 10.7 Å². The Morgan fingerprint density at radius 2 is 1.86 bits per heavy atom. The number of aromatic nitrogens is 4. The summed E-state index contributed by atoms with van der Waals surface area (Å²) in [6, 6.07) is 0. The molecule has 0 aliphatic heterocycles. The summed E-state index contributed by atoms with van der Waals surface area (Å²) in [6.07, 6.45) is 4.75. The van der Waals surface area contributed by atoms with Crippen molar-refractivity contribution in [3.05, 3.63) is 47.2 Å². The lowest BCUT2D eigenvalue weighted by Crippen LogP contribution is -2.41. The van der Waals surface area contributed by atoms with E-state index >= 15 is 0 Å². The number of anilines is 1. The average Bonchev–Trinajstić information content (AvgIpc) is 3.24. The van der Waals surface area contributed by atoms with E-state index in [1.165, 1.54) is 19.0 Å². The average molecular weight is 546 g/mol. The Labute approximate surface area is 223 Å². The number of rotatable bonds is 8. The lowest BCUT2D eigenvalue weighted by molar-refractivity contribution is 0.102. The number of hydrogen-bond donors (Lipinski definition) is 1. The van der Waals surface area contributed by atoms with Crippen LogP contribution in [0.15, 0.2) is 19.5 Å². The van der Waals surface area contributed by atoms with Gasteiger partial charge in [-0.15, -0.1) is 11.3 Å². The first kappa shape index (κ1) is 27.4. The molecule has 0 fully saturated rings. The third kappa shape index (κ3) is 4.71. The van der Waals surface area contributed by atoms with E-state index in [1.54, 1.807) is 15.9 Å². The van der Waals surface area contributed by atoms with Gasteiger partial charge in [0.15, 0.2) is 10.9 Å². The maximum Gasteiger partial charge on any atom is 0.332 e. The number of hydrogen-bond acceptors (Lipinski definition) is 8. The molecule has 4 rings (SSSR count). The maximum atomic E-state index is 13.7. The molecule has 0 amide bonds. The van der Waals surface area contributed by atoms with E-state index < -0.39 is 17.0 Å². The molecule has 200 valence electrons. The summed E-state index contributed by atoms with van der Waals surface area (Å²) in [4.78, 5) is 58.3. The highest BCUT2D eigenvalue weighted by molar-refractivity contribution is 7.99. The molecule has 0 spiro atoms. The number of carbonyl (C=O) groups excluding carboxylic acids is 1. The van der Waals surface area contributed by atoms with Crippen molar-refractivity contribution in [1.29, 1.82) is 0 Å². The predicted molar refractivity (Wildman–Crippen MR) is 150 cm³/mol. The normalized spacial score (nSPS) is 15.8. The minimum absolute atomic E-state index is 0.0648. The van der Waals surface area contributed by atoms with Gasteiger partial charge in [0.2, 0.25) is 0 Å². The quantitative estimate of drug-likeness (QED) is 0.262. The number of fused-ring (bicyclic) bond motifs is 3. The van der Waals surface area contributed by atoms with Crippen LogP contribution in [-0.2, 0) is 33.5 Å². The molecule has 11 heteroatoms. The molecule has 1 aliphatic carbocycles. The number of Topliss-reactive ketones (excluding diaryl/α,β-unsaturated/α-hetero) is 1. The molecule has 1 atom stereocenters. The lowest BCUT2D eigenvalue weighted by atomic mass is 9.70. The standard InChI is InChI=1S/C26H35N5O4S2/c1-7-11-31-23(34)18-15-10-9-14(26(3,4)8-2)12-17(15)37-21(18)28-24(31)36-13-16(32)19-20(27)29(5)25(35)30(6)22(19)33/h14H,7-13,27H2,1-6H3/t14-/m0/s1. The highest BCUT2D eigenvalue weighted by Crippen LogP contribution is 2.43. The highest BCUT2D eigenvalue weighted by Gasteiger charge is 2.34. The van der Waals surface area contributed by atoms with Gasteiger partial charge >= 0.3 is 5.69 Å². The van der Waals surface area contributed by atoms with Crippen LogP contribution in [0.2, 0.25) is 0 Å². The van der Waals surface area contributed by atoms with Crippen LogP contribution in [0.5, 0.6) is 0 Å². The van der Waals surface area contributed by atoms with Crippen molar-refractivity contribution < 1.29 is 4.79 Å². The zero-order chi connectivity index (χ0) is 27.2. The topological polar surface area (TPSA) is 122 Å². The fourth-order valence-electron chi connectivity index (χ4n) is 5.05. The molecule has 0 saturated carbocycles. The summed E-state index contributed by atoms with van der Waals surface area (Å²) < 4.78 is 3.60. The van der Waals surface area contributed by atoms with Crippen LogP contribution in [0.3, 0.4) is 0 Å². The lowest BCUT2D eigenvalue weighted by Gasteiger charge is -2.36. The Bertz CT molecular complexity index is 1560. The number of nitrogen functional groups attached to an aromatic ring is 1. The van der Waals surface area contributed by atoms with E-state index in [9.17, 15) is 19.2 Å². The summed E-state index contributed by atoms with van der Waals surface area (Å²) in [7, 11) is 2.73. The molecule has 3 heterocycles. The number of thiophene rings is 1. The monoisotopic (exact) mass is 545 g/mol. The largest absolute Gasteiger partial charge is 0.384 e. The van der Waals surface area contributed by atoms with Gasteiger partial charge in [0.25, 0.3) is 11.1 Å². The Hall–Kier alpha value is -2.66. The van der Waals surface area contributed by atoms with E-state index in [2.05, 4.69) is 20.8 Å². The first-order valence-electron chi connectivity index (χ1n) is 12.7. The molecule has 1 aliphatic rings. The van der Waals surface area contributed by atoms with Gasteiger partial charge in [-0.2, -0.15) is 0 Å².